The molecule has 0 radical (unpaired) electrons. The lowest BCUT2D eigenvalue weighted by Gasteiger charge is -2.13. The molecular formula is C24H25N5O4S. The highest BCUT2D eigenvalue weighted by molar-refractivity contribution is 7.92. The molecule has 4 aromatic rings. The van der Waals surface area contributed by atoms with E-state index in [1.54, 1.807) is 30.5 Å². The van der Waals surface area contributed by atoms with E-state index in [2.05, 4.69) is 14.7 Å². The van der Waals surface area contributed by atoms with Crippen LogP contribution < -0.4 is 15.2 Å². The monoisotopic (exact) mass is 479 g/mol. The van der Waals surface area contributed by atoms with Gasteiger partial charge in [0.1, 0.15) is 23.5 Å². The first-order chi connectivity index (χ1) is 16.1. The van der Waals surface area contributed by atoms with Crippen LogP contribution in [0, 0.1) is 6.92 Å². The van der Waals surface area contributed by atoms with Gasteiger partial charge in [-0.25, -0.2) is 18.4 Å². The van der Waals surface area contributed by atoms with Gasteiger partial charge < -0.3 is 15.0 Å². The molecular weight excluding hydrogens is 454 g/mol. The molecule has 0 saturated carbocycles. The molecule has 4 rings (SSSR count). The predicted octanol–water partition coefficient (Wildman–Crippen LogP) is 3.94. The van der Waals surface area contributed by atoms with Gasteiger partial charge in [0.2, 0.25) is 0 Å². The number of benzene rings is 2. The summed E-state index contributed by atoms with van der Waals surface area (Å²) in [6.07, 6.45) is 3.06. The number of aromatic nitrogens is 3. The summed E-state index contributed by atoms with van der Waals surface area (Å²) >= 11 is 0. The van der Waals surface area contributed by atoms with E-state index in [1.807, 2.05) is 31.4 Å². The average Bonchev–Trinajstić information content (AvgIpc) is 3.20. The second-order valence-electron chi connectivity index (χ2n) is 8.17. The Bertz CT molecular complexity index is 1510. The van der Waals surface area contributed by atoms with Crippen molar-refractivity contribution < 1.29 is 17.9 Å². The number of sulfonamides is 1. The quantitative estimate of drug-likeness (QED) is 0.384. The molecule has 9 nitrogen and oxygen atoms in total. The molecule has 0 aliphatic carbocycles. The number of nitrogens with one attached hydrogen (secondary N) is 1. The van der Waals surface area contributed by atoms with Crippen LogP contribution in [0.1, 0.15) is 41.4 Å². The largest absolute Gasteiger partial charge is 0.495 e. The van der Waals surface area contributed by atoms with E-state index in [1.165, 1.54) is 25.6 Å². The Morgan fingerprint density at radius 1 is 1.15 bits per heavy atom. The smallest absolute Gasteiger partial charge is 0.262 e. The number of anilines is 2. The van der Waals surface area contributed by atoms with Gasteiger partial charge in [-0.2, -0.15) is 0 Å². The first kappa shape index (κ1) is 23.2. The van der Waals surface area contributed by atoms with Crippen molar-refractivity contribution in [1.82, 2.24) is 14.5 Å². The molecule has 0 aliphatic rings. The highest BCUT2D eigenvalue weighted by Crippen LogP contribution is 2.32. The third kappa shape index (κ3) is 4.19. The number of fused-ring (bicyclic) bond motifs is 1. The van der Waals surface area contributed by atoms with Gasteiger partial charge in [-0.1, -0.05) is 12.1 Å². The molecule has 34 heavy (non-hydrogen) atoms. The van der Waals surface area contributed by atoms with Crippen molar-refractivity contribution in [3.8, 4) is 5.75 Å². The summed E-state index contributed by atoms with van der Waals surface area (Å²) in [5.74, 6) is 0.131. The molecule has 0 unspecified atom stereocenters. The van der Waals surface area contributed by atoms with E-state index >= 15 is 0 Å². The second kappa shape index (κ2) is 8.79. The van der Waals surface area contributed by atoms with Gasteiger partial charge in [-0.15, -0.1) is 0 Å². The lowest BCUT2D eigenvalue weighted by molar-refractivity contribution is 0.104. The maximum atomic E-state index is 13.5. The molecule has 2 heterocycles. The van der Waals surface area contributed by atoms with Crippen molar-refractivity contribution in [2.24, 2.45) is 0 Å². The van der Waals surface area contributed by atoms with Crippen molar-refractivity contribution in [1.29, 1.82) is 0 Å². The Morgan fingerprint density at radius 2 is 1.91 bits per heavy atom. The topological polar surface area (TPSA) is 129 Å². The summed E-state index contributed by atoms with van der Waals surface area (Å²) in [6.45, 7) is 5.75. The van der Waals surface area contributed by atoms with Gasteiger partial charge in [0.15, 0.2) is 5.78 Å². The van der Waals surface area contributed by atoms with Gasteiger partial charge in [-0.3, -0.25) is 9.52 Å². The fraction of sp³-hybridized carbons (Fsp3) is 0.208. The van der Waals surface area contributed by atoms with Crippen LogP contribution >= 0.6 is 0 Å². The summed E-state index contributed by atoms with van der Waals surface area (Å²) in [7, 11) is -2.48. The molecule has 3 N–H and O–H groups in total. The van der Waals surface area contributed by atoms with Gasteiger partial charge in [0.05, 0.1) is 28.6 Å². The third-order valence-electron chi connectivity index (χ3n) is 5.45. The van der Waals surface area contributed by atoms with Gasteiger partial charge >= 0.3 is 0 Å². The second-order valence-corrected chi connectivity index (χ2v) is 9.85. The van der Waals surface area contributed by atoms with Gasteiger partial charge in [0, 0.05) is 17.8 Å². The molecule has 2 aromatic carbocycles. The van der Waals surface area contributed by atoms with Gasteiger partial charge in [0.25, 0.3) is 10.0 Å². The van der Waals surface area contributed by atoms with E-state index in [0.717, 1.165) is 5.56 Å². The number of carbonyl (C=O) groups is 1. The van der Waals surface area contributed by atoms with Gasteiger partial charge in [-0.05, 0) is 56.7 Å². The van der Waals surface area contributed by atoms with Crippen LogP contribution in [-0.4, -0.2) is 35.8 Å². The van der Waals surface area contributed by atoms with Crippen LogP contribution in [0.5, 0.6) is 5.75 Å². The molecule has 0 amide bonds. The molecule has 10 heteroatoms. The first-order valence-corrected chi connectivity index (χ1v) is 12.0. The molecule has 176 valence electrons. The minimum absolute atomic E-state index is 0.0333. The molecule has 0 spiro atoms. The Labute approximate surface area is 197 Å². The Morgan fingerprint density at radius 3 is 2.59 bits per heavy atom. The number of hydrogen-bond acceptors (Lipinski definition) is 7. The van der Waals surface area contributed by atoms with E-state index < -0.39 is 10.0 Å². The number of rotatable bonds is 7. The number of nitrogen functional groups attached to an aromatic ring is 1. The lowest BCUT2D eigenvalue weighted by atomic mass is 10.0. The van der Waals surface area contributed by atoms with E-state index in [9.17, 15) is 13.2 Å². The number of methoxy groups -OCH3 is 1. The van der Waals surface area contributed by atoms with E-state index in [4.69, 9.17) is 10.5 Å². The number of hydrogen-bond donors (Lipinski definition) is 2. The molecule has 2 aromatic heterocycles. The number of nitrogens with zero attached hydrogens (tertiary/aromatic N) is 3. The van der Waals surface area contributed by atoms with Crippen LogP contribution in [0.2, 0.25) is 0 Å². The zero-order valence-electron chi connectivity index (χ0n) is 19.2. The van der Waals surface area contributed by atoms with Crippen LogP contribution in [0.3, 0.4) is 0 Å². The Kier molecular flexibility index (Phi) is 6.01. The summed E-state index contributed by atoms with van der Waals surface area (Å²) in [5, 5.41) is 0.457. The van der Waals surface area contributed by atoms with Crippen molar-refractivity contribution in [3.63, 3.8) is 0 Å². The number of carbonyl (C=O) groups excluding carboxylic acids is 1. The number of ether oxygens (including phenoxy) is 1. The maximum Gasteiger partial charge on any atom is 0.262 e. The minimum Gasteiger partial charge on any atom is -0.495 e. The molecule has 0 saturated heterocycles. The number of aryl methyl sites for hydroxylation is 1. The summed E-state index contributed by atoms with van der Waals surface area (Å²) in [5.41, 5.74) is 8.19. The number of ketones is 1. The zero-order chi connectivity index (χ0) is 24.6. The van der Waals surface area contributed by atoms with Crippen molar-refractivity contribution in [2.45, 2.75) is 31.7 Å². The summed E-state index contributed by atoms with van der Waals surface area (Å²) in [6, 6.07) is 11.1. The zero-order valence-corrected chi connectivity index (χ0v) is 20.1. The fourth-order valence-corrected chi connectivity index (χ4v) is 4.91. The van der Waals surface area contributed by atoms with Crippen LogP contribution in [0.4, 0.5) is 11.5 Å². The minimum atomic E-state index is -3.91. The highest BCUT2D eigenvalue weighted by atomic mass is 32.2. The predicted molar refractivity (Wildman–Crippen MR) is 131 cm³/mol. The van der Waals surface area contributed by atoms with Crippen molar-refractivity contribution >= 4 is 38.3 Å². The van der Waals surface area contributed by atoms with Crippen LogP contribution in [0.25, 0.3) is 11.0 Å². The Balaban J connectivity index is 1.79. The lowest BCUT2D eigenvalue weighted by Crippen LogP contribution is -2.14. The third-order valence-corrected chi connectivity index (χ3v) is 6.81. The standard InChI is InChI=1S/C24H25N5O4S/c1-14(2)29-12-18(21-23(25)26-13-27-24(21)29)22(30)16-8-9-20(33-4)19(11-16)28-34(31,32)17-7-5-6-15(3)10-17/h5-14,28H,1-4H3,(H2,25,26,27). The van der Waals surface area contributed by atoms with E-state index in [0.29, 0.717) is 16.6 Å². The van der Waals surface area contributed by atoms with Crippen molar-refractivity contribution in [3.05, 3.63) is 71.7 Å². The molecule has 0 fully saturated rings. The molecule has 0 bridgehead atoms. The highest BCUT2D eigenvalue weighted by Gasteiger charge is 2.23. The first-order valence-electron chi connectivity index (χ1n) is 10.6. The van der Waals surface area contributed by atoms with Crippen molar-refractivity contribution in [2.75, 3.05) is 17.6 Å². The SMILES string of the molecule is COc1ccc(C(=O)c2cn(C(C)C)c3ncnc(N)c23)cc1NS(=O)(=O)c1cccc(C)c1. The average molecular weight is 480 g/mol. The summed E-state index contributed by atoms with van der Waals surface area (Å²) < 4.78 is 35.7. The van der Waals surface area contributed by atoms with Crippen LogP contribution in [-0.2, 0) is 10.0 Å². The van der Waals surface area contributed by atoms with E-state index in [-0.39, 0.29) is 39.5 Å². The number of nitrogens with two attached hydrogens (primary N) is 1. The molecule has 0 aliphatic heterocycles. The Hall–Kier alpha value is -3.92. The van der Waals surface area contributed by atoms with Crippen LogP contribution in [0.15, 0.2) is 59.9 Å². The molecule has 0 atom stereocenters. The fourth-order valence-electron chi connectivity index (χ4n) is 3.74. The normalized spacial score (nSPS) is 11.7. The summed E-state index contributed by atoms with van der Waals surface area (Å²) in [4.78, 5) is 22.0. The maximum absolute atomic E-state index is 13.5.